The molecule has 1 aromatic carbocycles. The van der Waals surface area contributed by atoms with Gasteiger partial charge in [0, 0.05) is 12.1 Å². The topological polar surface area (TPSA) is 58.8 Å². The van der Waals surface area contributed by atoms with Crippen molar-refractivity contribution < 1.29 is 9.15 Å². The van der Waals surface area contributed by atoms with Gasteiger partial charge in [-0.05, 0) is 42.5 Å². The minimum absolute atomic E-state index is 0.412. The van der Waals surface area contributed by atoms with Crippen molar-refractivity contribution >= 4 is 35.1 Å². The lowest BCUT2D eigenvalue weighted by Crippen LogP contribution is -2.31. The second-order valence-corrected chi connectivity index (χ2v) is 5.24. The van der Waals surface area contributed by atoms with Gasteiger partial charge < -0.3 is 14.5 Å². The maximum absolute atomic E-state index is 6.12. The highest BCUT2D eigenvalue weighted by Gasteiger charge is 2.07. The summed E-state index contributed by atoms with van der Waals surface area (Å²) in [5, 5.41) is 7.83. The Morgan fingerprint density at radius 3 is 2.96 bits per heavy atom. The van der Waals surface area contributed by atoms with Gasteiger partial charge in [0.05, 0.1) is 18.3 Å². The van der Waals surface area contributed by atoms with Crippen LogP contribution in [0, 0.1) is 0 Å². The minimum Gasteiger partial charge on any atom is -0.495 e. The summed E-state index contributed by atoms with van der Waals surface area (Å²) in [5.41, 5.74) is 3.54. The number of benzene rings is 1. The third-order valence-corrected chi connectivity index (χ3v) is 3.36. The standard InChI is InChI=1S/C16H16ClN3O2S/c1-3-8-18-16(23)20-19-10-12-5-7-14(22-12)11-4-6-15(21-2)13(17)9-11/h3-7,9-10H,1,8H2,2H3,(H2,18,20,23)/b19-10+. The maximum atomic E-state index is 6.12. The second kappa shape index (κ2) is 8.36. The first-order valence-electron chi connectivity index (χ1n) is 6.75. The molecule has 0 aliphatic carbocycles. The molecule has 0 saturated carbocycles. The van der Waals surface area contributed by atoms with Crippen LogP contribution in [0.3, 0.4) is 0 Å². The van der Waals surface area contributed by atoms with Crippen LogP contribution in [0.4, 0.5) is 0 Å². The SMILES string of the molecule is C=CCNC(=S)N/N=C/c1ccc(-c2ccc(OC)c(Cl)c2)o1. The Morgan fingerprint density at radius 1 is 1.43 bits per heavy atom. The molecule has 0 fully saturated rings. The summed E-state index contributed by atoms with van der Waals surface area (Å²) < 4.78 is 10.8. The number of hydrazone groups is 1. The lowest BCUT2D eigenvalue weighted by atomic mass is 10.2. The quantitative estimate of drug-likeness (QED) is 0.361. The largest absolute Gasteiger partial charge is 0.495 e. The molecule has 0 bridgehead atoms. The van der Waals surface area contributed by atoms with E-state index in [1.165, 1.54) is 6.21 Å². The smallest absolute Gasteiger partial charge is 0.187 e. The van der Waals surface area contributed by atoms with E-state index in [0.29, 0.717) is 33.9 Å². The summed E-state index contributed by atoms with van der Waals surface area (Å²) >= 11 is 11.1. The van der Waals surface area contributed by atoms with Crippen LogP contribution in [0.25, 0.3) is 11.3 Å². The first kappa shape index (κ1) is 17.1. The van der Waals surface area contributed by atoms with Crippen molar-refractivity contribution in [2.45, 2.75) is 0 Å². The van der Waals surface area contributed by atoms with Gasteiger partial charge in [0.2, 0.25) is 0 Å². The molecule has 1 aromatic heterocycles. The Balaban J connectivity index is 2.01. The lowest BCUT2D eigenvalue weighted by Gasteiger charge is -2.04. The number of hydrogen-bond donors (Lipinski definition) is 2. The minimum atomic E-state index is 0.412. The normalized spacial score (nSPS) is 10.5. The van der Waals surface area contributed by atoms with Crippen LogP contribution in [-0.4, -0.2) is 25.0 Å². The number of nitrogens with zero attached hydrogens (tertiary/aromatic N) is 1. The van der Waals surface area contributed by atoms with E-state index in [2.05, 4.69) is 22.4 Å². The molecule has 2 rings (SSSR count). The van der Waals surface area contributed by atoms with E-state index in [9.17, 15) is 0 Å². The van der Waals surface area contributed by atoms with Gasteiger partial charge in [0.25, 0.3) is 0 Å². The predicted molar refractivity (Wildman–Crippen MR) is 97.2 cm³/mol. The monoisotopic (exact) mass is 349 g/mol. The number of rotatable bonds is 6. The third-order valence-electron chi connectivity index (χ3n) is 2.83. The van der Waals surface area contributed by atoms with Crippen molar-refractivity contribution in [1.29, 1.82) is 0 Å². The van der Waals surface area contributed by atoms with Crippen LogP contribution < -0.4 is 15.5 Å². The van der Waals surface area contributed by atoms with Gasteiger partial charge in [-0.1, -0.05) is 17.7 Å². The average molecular weight is 350 g/mol. The summed E-state index contributed by atoms with van der Waals surface area (Å²) in [6.07, 6.45) is 3.24. The van der Waals surface area contributed by atoms with E-state index in [-0.39, 0.29) is 0 Å². The molecule has 2 aromatic rings. The van der Waals surface area contributed by atoms with Gasteiger partial charge in [-0.15, -0.1) is 6.58 Å². The summed E-state index contributed by atoms with van der Waals surface area (Å²) in [6, 6.07) is 9.09. The fraction of sp³-hybridized carbons (Fsp3) is 0.125. The van der Waals surface area contributed by atoms with Crippen LogP contribution in [0.15, 0.2) is 52.5 Å². The Morgan fingerprint density at radius 2 is 2.26 bits per heavy atom. The second-order valence-electron chi connectivity index (χ2n) is 4.42. The van der Waals surface area contributed by atoms with Crippen molar-refractivity contribution in [3.63, 3.8) is 0 Å². The molecular weight excluding hydrogens is 334 g/mol. The lowest BCUT2D eigenvalue weighted by molar-refractivity contribution is 0.415. The highest BCUT2D eigenvalue weighted by atomic mass is 35.5. The predicted octanol–water partition coefficient (Wildman–Crippen LogP) is 3.59. The number of furan rings is 1. The zero-order valence-electron chi connectivity index (χ0n) is 12.5. The van der Waals surface area contributed by atoms with E-state index in [0.717, 1.165) is 5.56 Å². The molecule has 2 N–H and O–H groups in total. The Bertz CT molecular complexity index is 728. The van der Waals surface area contributed by atoms with Crippen LogP contribution in [0.1, 0.15) is 5.76 Å². The molecule has 23 heavy (non-hydrogen) atoms. The number of methoxy groups -OCH3 is 1. The van der Waals surface area contributed by atoms with Gasteiger partial charge >= 0.3 is 0 Å². The number of halogens is 1. The molecule has 0 spiro atoms. The Hall–Kier alpha value is -2.31. The number of nitrogens with one attached hydrogen (secondary N) is 2. The highest BCUT2D eigenvalue weighted by Crippen LogP contribution is 2.30. The van der Waals surface area contributed by atoms with Crippen molar-refractivity contribution in [3.05, 3.63) is 53.8 Å². The van der Waals surface area contributed by atoms with E-state index in [1.807, 2.05) is 12.1 Å². The van der Waals surface area contributed by atoms with E-state index >= 15 is 0 Å². The third kappa shape index (κ3) is 4.84. The van der Waals surface area contributed by atoms with Crippen molar-refractivity contribution in [3.8, 4) is 17.1 Å². The average Bonchev–Trinajstić information content (AvgIpc) is 3.01. The molecule has 0 saturated heterocycles. The summed E-state index contributed by atoms with van der Waals surface area (Å²) in [4.78, 5) is 0. The first-order valence-corrected chi connectivity index (χ1v) is 7.54. The van der Waals surface area contributed by atoms with E-state index in [4.69, 9.17) is 33.0 Å². The van der Waals surface area contributed by atoms with Crippen molar-refractivity contribution in [1.82, 2.24) is 10.7 Å². The molecule has 120 valence electrons. The maximum Gasteiger partial charge on any atom is 0.187 e. The summed E-state index contributed by atoms with van der Waals surface area (Å²) in [5.74, 6) is 1.89. The van der Waals surface area contributed by atoms with Gasteiger partial charge in [-0.2, -0.15) is 5.10 Å². The molecule has 0 aliphatic rings. The summed E-state index contributed by atoms with van der Waals surface area (Å²) in [6.45, 7) is 4.16. The van der Waals surface area contributed by atoms with Crippen LogP contribution in [-0.2, 0) is 0 Å². The first-order chi connectivity index (χ1) is 11.1. The Labute approximate surface area is 145 Å². The fourth-order valence-corrected chi connectivity index (χ4v) is 2.15. The number of ether oxygens (including phenoxy) is 1. The molecule has 7 heteroatoms. The highest BCUT2D eigenvalue weighted by molar-refractivity contribution is 7.80. The molecule has 0 radical (unpaired) electrons. The molecule has 0 aliphatic heterocycles. The fourth-order valence-electron chi connectivity index (χ4n) is 1.76. The van der Waals surface area contributed by atoms with Gasteiger partial charge in [0.15, 0.2) is 5.11 Å². The van der Waals surface area contributed by atoms with E-state index in [1.54, 1.807) is 31.4 Å². The molecule has 1 heterocycles. The zero-order chi connectivity index (χ0) is 16.7. The Kier molecular flexibility index (Phi) is 6.19. The molecule has 5 nitrogen and oxygen atoms in total. The van der Waals surface area contributed by atoms with Gasteiger partial charge in [-0.3, -0.25) is 5.43 Å². The van der Waals surface area contributed by atoms with Crippen LogP contribution in [0.2, 0.25) is 5.02 Å². The molecule has 0 atom stereocenters. The van der Waals surface area contributed by atoms with Crippen LogP contribution >= 0.6 is 23.8 Å². The van der Waals surface area contributed by atoms with Crippen molar-refractivity contribution in [2.75, 3.05) is 13.7 Å². The van der Waals surface area contributed by atoms with Gasteiger partial charge in [-0.25, -0.2) is 0 Å². The molecular formula is C16H16ClN3O2S. The molecule has 0 unspecified atom stereocenters. The van der Waals surface area contributed by atoms with Gasteiger partial charge in [0.1, 0.15) is 17.3 Å². The zero-order valence-corrected chi connectivity index (χ0v) is 14.1. The summed E-state index contributed by atoms with van der Waals surface area (Å²) in [7, 11) is 1.57. The molecule has 0 amide bonds. The number of hydrogen-bond acceptors (Lipinski definition) is 4. The number of thiocarbonyl (C=S) groups is 1. The van der Waals surface area contributed by atoms with Crippen LogP contribution in [0.5, 0.6) is 5.75 Å². The van der Waals surface area contributed by atoms with E-state index < -0.39 is 0 Å². The van der Waals surface area contributed by atoms with Crippen molar-refractivity contribution in [2.24, 2.45) is 5.10 Å².